The molecule has 1 fully saturated rings. The van der Waals surface area contributed by atoms with Gasteiger partial charge in [-0.3, -0.25) is 0 Å². The number of rotatable bonds is 4. The van der Waals surface area contributed by atoms with Crippen molar-refractivity contribution in [3.05, 3.63) is 34.9 Å². The van der Waals surface area contributed by atoms with Crippen LogP contribution in [0.25, 0.3) is 0 Å². The predicted molar refractivity (Wildman–Crippen MR) is 67.4 cm³/mol. The molecular formula is C15H22O. The zero-order chi connectivity index (χ0) is 11.4. The summed E-state index contributed by atoms with van der Waals surface area (Å²) in [5, 5.41) is 9.17. The SMILES string of the molecule is Cc1cc(CO)cc(CCC2CCCC2)c1. The third-order valence-corrected chi connectivity index (χ3v) is 3.70. The molecule has 88 valence electrons. The van der Waals surface area contributed by atoms with Gasteiger partial charge in [-0.15, -0.1) is 0 Å². The number of aliphatic hydroxyl groups excluding tert-OH is 1. The first-order chi connectivity index (χ1) is 7.78. The molecule has 0 spiro atoms. The topological polar surface area (TPSA) is 20.2 Å². The summed E-state index contributed by atoms with van der Waals surface area (Å²) >= 11 is 0. The third kappa shape index (κ3) is 3.08. The van der Waals surface area contributed by atoms with Gasteiger partial charge in [-0.1, -0.05) is 49.4 Å². The standard InChI is InChI=1S/C15H22O/c1-12-8-14(10-15(9-12)11-16)7-6-13-4-2-3-5-13/h8-10,13,16H,2-7,11H2,1H3. The van der Waals surface area contributed by atoms with Crippen LogP contribution in [0.15, 0.2) is 18.2 Å². The minimum Gasteiger partial charge on any atom is -0.392 e. The third-order valence-electron chi connectivity index (χ3n) is 3.70. The lowest BCUT2D eigenvalue weighted by Gasteiger charge is -2.10. The second-order valence-electron chi connectivity index (χ2n) is 5.17. The molecule has 1 heteroatoms. The van der Waals surface area contributed by atoms with Crippen molar-refractivity contribution in [3.8, 4) is 0 Å². The van der Waals surface area contributed by atoms with E-state index >= 15 is 0 Å². The number of hydrogen-bond acceptors (Lipinski definition) is 1. The van der Waals surface area contributed by atoms with Crippen LogP contribution >= 0.6 is 0 Å². The Balaban J connectivity index is 1.94. The molecule has 1 aliphatic rings. The van der Waals surface area contributed by atoms with Crippen molar-refractivity contribution in [1.82, 2.24) is 0 Å². The minimum absolute atomic E-state index is 0.165. The maximum absolute atomic E-state index is 9.17. The van der Waals surface area contributed by atoms with E-state index in [2.05, 4.69) is 25.1 Å². The summed E-state index contributed by atoms with van der Waals surface area (Å²) < 4.78 is 0. The van der Waals surface area contributed by atoms with Gasteiger partial charge in [0.1, 0.15) is 0 Å². The highest BCUT2D eigenvalue weighted by atomic mass is 16.3. The number of aryl methyl sites for hydroxylation is 2. The molecule has 1 aromatic rings. The smallest absolute Gasteiger partial charge is 0.0682 e. The number of benzene rings is 1. The first-order valence-electron chi connectivity index (χ1n) is 6.48. The zero-order valence-corrected chi connectivity index (χ0v) is 10.2. The summed E-state index contributed by atoms with van der Waals surface area (Å²) in [7, 11) is 0. The van der Waals surface area contributed by atoms with E-state index in [9.17, 15) is 0 Å². The summed E-state index contributed by atoms with van der Waals surface area (Å²) in [6.07, 6.45) is 8.23. The highest BCUT2D eigenvalue weighted by molar-refractivity contribution is 5.29. The monoisotopic (exact) mass is 218 g/mol. The quantitative estimate of drug-likeness (QED) is 0.818. The average molecular weight is 218 g/mol. The van der Waals surface area contributed by atoms with Crippen LogP contribution in [0.2, 0.25) is 0 Å². The summed E-state index contributed by atoms with van der Waals surface area (Å²) in [4.78, 5) is 0. The Hall–Kier alpha value is -0.820. The van der Waals surface area contributed by atoms with Gasteiger partial charge in [0.25, 0.3) is 0 Å². The van der Waals surface area contributed by atoms with E-state index in [4.69, 9.17) is 5.11 Å². The molecule has 16 heavy (non-hydrogen) atoms. The van der Waals surface area contributed by atoms with E-state index < -0.39 is 0 Å². The molecule has 0 radical (unpaired) electrons. The molecule has 0 saturated heterocycles. The predicted octanol–water partition coefficient (Wildman–Crippen LogP) is 3.61. The summed E-state index contributed by atoms with van der Waals surface area (Å²) in [5.74, 6) is 0.957. The molecule has 0 unspecified atom stereocenters. The van der Waals surface area contributed by atoms with Crippen molar-refractivity contribution in [2.45, 2.75) is 52.1 Å². The fourth-order valence-electron chi connectivity index (χ4n) is 2.85. The van der Waals surface area contributed by atoms with Gasteiger partial charge >= 0.3 is 0 Å². The molecule has 1 saturated carbocycles. The molecule has 1 aromatic carbocycles. The minimum atomic E-state index is 0.165. The van der Waals surface area contributed by atoms with E-state index in [0.717, 1.165) is 11.5 Å². The lowest BCUT2D eigenvalue weighted by atomic mass is 9.96. The Kier molecular flexibility index (Phi) is 4.00. The molecule has 0 aromatic heterocycles. The fraction of sp³-hybridized carbons (Fsp3) is 0.600. The van der Waals surface area contributed by atoms with Crippen molar-refractivity contribution >= 4 is 0 Å². The molecule has 0 atom stereocenters. The van der Waals surface area contributed by atoms with Crippen LogP contribution in [0.4, 0.5) is 0 Å². The molecule has 2 rings (SSSR count). The van der Waals surface area contributed by atoms with E-state index in [1.165, 1.54) is 49.7 Å². The average Bonchev–Trinajstić information content (AvgIpc) is 2.78. The van der Waals surface area contributed by atoms with Gasteiger partial charge in [0.2, 0.25) is 0 Å². The molecular weight excluding hydrogens is 196 g/mol. The van der Waals surface area contributed by atoms with Crippen LogP contribution < -0.4 is 0 Å². The first kappa shape index (κ1) is 11.7. The van der Waals surface area contributed by atoms with Gasteiger partial charge in [-0.25, -0.2) is 0 Å². The lowest BCUT2D eigenvalue weighted by molar-refractivity contribution is 0.281. The summed E-state index contributed by atoms with van der Waals surface area (Å²) in [6.45, 7) is 2.27. The Morgan fingerprint density at radius 2 is 1.81 bits per heavy atom. The van der Waals surface area contributed by atoms with Crippen LogP contribution in [-0.2, 0) is 13.0 Å². The van der Waals surface area contributed by atoms with Crippen molar-refractivity contribution < 1.29 is 5.11 Å². The molecule has 0 bridgehead atoms. The molecule has 1 N–H and O–H groups in total. The Morgan fingerprint density at radius 1 is 1.12 bits per heavy atom. The summed E-state index contributed by atoms with van der Waals surface area (Å²) in [5.41, 5.74) is 3.73. The van der Waals surface area contributed by atoms with Gasteiger partial charge in [0.15, 0.2) is 0 Å². The summed E-state index contributed by atoms with van der Waals surface area (Å²) in [6, 6.07) is 6.48. The van der Waals surface area contributed by atoms with Crippen LogP contribution in [-0.4, -0.2) is 5.11 Å². The number of hydrogen-bond donors (Lipinski definition) is 1. The molecule has 1 aliphatic carbocycles. The maximum atomic E-state index is 9.17. The molecule has 0 aliphatic heterocycles. The van der Waals surface area contributed by atoms with Gasteiger partial charge in [0, 0.05) is 0 Å². The highest BCUT2D eigenvalue weighted by Crippen LogP contribution is 2.28. The normalized spacial score (nSPS) is 16.9. The maximum Gasteiger partial charge on any atom is 0.0682 e. The van der Waals surface area contributed by atoms with Gasteiger partial charge < -0.3 is 5.11 Å². The molecule has 0 amide bonds. The van der Waals surface area contributed by atoms with Crippen molar-refractivity contribution in [3.63, 3.8) is 0 Å². The highest BCUT2D eigenvalue weighted by Gasteiger charge is 2.14. The zero-order valence-electron chi connectivity index (χ0n) is 10.2. The van der Waals surface area contributed by atoms with Crippen molar-refractivity contribution in [2.75, 3.05) is 0 Å². The van der Waals surface area contributed by atoms with Crippen LogP contribution in [0.1, 0.15) is 48.8 Å². The molecule has 1 nitrogen and oxygen atoms in total. The lowest BCUT2D eigenvalue weighted by Crippen LogP contribution is -1.97. The van der Waals surface area contributed by atoms with Crippen LogP contribution in [0.5, 0.6) is 0 Å². The van der Waals surface area contributed by atoms with Crippen molar-refractivity contribution in [1.29, 1.82) is 0 Å². The molecule has 0 heterocycles. The number of aliphatic hydroxyl groups is 1. The second-order valence-corrected chi connectivity index (χ2v) is 5.17. The largest absolute Gasteiger partial charge is 0.392 e. The van der Waals surface area contributed by atoms with Gasteiger partial charge in [-0.05, 0) is 36.8 Å². The van der Waals surface area contributed by atoms with Gasteiger partial charge in [-0.2, -0.15) is 0 Å². The van der Waals surface area contributed by atoms with Crippen LogP contribution in [0.3, 0.4) is 0 Å². The Morgan fingerprint density at radius 3 is 2.50 bits per heavy atom. The van der Waals surface area contributed by atoms with Crippen LogP contribution in [0, 0.1) is 12.8 Å². The van der Waals surface area contributed by atoms with E-state index in [1.54, 1.807) is 0 Å². The van der Waals surface area contributed by atoms with Gasteiger partial charge in [0.05, 0.1) is 6.61 Å². The first-order valence-corrected chi connectivity index (χ1v) is 6.48. The van der Waals surface area contributed by atoms with Crippen molar-refractivity contribution in [2.24, 2.45) is 5.92 Å². The second kappa shape index (κ2) is 5.49. The Bertz CT molecular complexity index is 337. The Labute approximate surface area is 98.5 Å². The fourth-order valence-corrected chi connectivity index (χ4v) is 2.85. The van der Waals surface area contributed by atoms with E-state index in [-0.39, 0.29) is 6.61 Å². The van der Waals surface area contributed by atoms with E-state index in [1.807, 2.05) is 0 Å². The van der Waals surface area contributed by atoms with E-state index in [0.29, 0.717) is 0 Å².